The number of benzene rings is 1. The molecule has 102 valence electrons. The van der Waals surface area contributed by atoms with Gasteiger partial charge in [-0.1, -0.05) is 6.07 Å². The monoisotopic (exact) mass is 253 g/mol. The first-order valence-corrected chi connectivity index (χ1v) is 6.04. The molecule has 0 radical (unpaired) electrons. The number of methoxy groups -OCH3 is 2. The molecule has 1 unspecified atom stereocenters. The highest BCUT2D eigenvalue weighted by Crippen LogP contribution is 2.27. The lowest BCUT2D eigenvalue weighted by Gasteiger charge is -2.29. The quantitative estimate of drug-likeness (QED) is 0.813. The predicted molar refractivity (Wildman–Crippen MR) is 72.1 cm³/mol. The molecule has 0 aliphatic heterocycles. The summed E-state index contributed by atoms with van der Waals surface area (Å²) in [5, 5.41) is 13.0. The zero-order valence-electron chi connectivity index (χ0n) is 11.8. The van der Waals surface area contributed by atoms with Crippen molar-refractivity contribution in [2.75, 3.05) is 14.2 Å². The summed E-state index contributed by atoms with van der Waals surface area (Å²) in [6.07, 6.45) is -0.419. The topological polar surface area (TPSA) is 50.7 Å². The number of ether oxygens (including phenoxy) is 2. The number of hydrogen-bond donors (Lipinski definition) is 2. The Labute approximate surface area is 109 Å². The van der Waals surface area contributed by atoms with Crippen LogP contribution in [0.25, 0.3) is 0 Å². The average Bonchev–Trinajstić information content (AvgIpc) is 2.35. The zero-order chi connectivity index (χ0) is 13.8. The van der Waals surface area contributed by atoms with E-state index in [1.165, 1.54) is 0 Å². The Kier molecular flexibility index (Phi) is 4.99. The average molecular weight is 253 g/mol. The smallest absolute Gasteiger partial charge is 0.161 e. The fraction of sp³-hybridized carbons (Fsp3) is 0.571. The van der Waals surface area contributed by atoms with Gasteiger partial charge in [-0.25, -0.2) is 0 Å². The van der Waals surface area contributed by atoms with Crippen molar-refractivity contribution in [3.05, 3.63) is 23.8 Å². The van der Waals surface area contributed by atoms with Crippen molar-refractivity contribution in [3.8, 4) is 11.5 Å². The molecular weight excluding hydrogens is 230 g/mol. The molecule has 1 aromatic carbocycles. The molecule has 1 aromatic rings. The summed E-state index contributed by atoms with van der Waals surface area (Å²) in [6.45, 7) is 6.39. The van der Waals surface area contributed by atoms with E-state index >= 15 is 0 Å². The second-order valence-electron chi connectivity index (χ2n) is 4.94. The number of rotatable bonds is 6. The number of aliphatic hydroxyl groups is 1. The minimum atomic E-state index is -0.419. The molecule has 0 aliphatic carbocycles. The first kappa shape index (κ1) is 14.8. The van der Waals surface area contributed by atoms with Crippen LogP contribution in [0.5, 0.6) is 11.5 Å². The number of aliphatic hydroxyl groups excluding tert-OH is 1. The minimum Gasteiger partial charge on any atom is -0.493 e. The van der Waals surface area contributed by atoms with E-state index in [2.05, 4.69) is 5.32 Å². The van der Waals surface area contributed by atoms with E-state index in [0.717, 1.165) is 11.3 Å². The maximum absolute atomic E-state index is 9.63. The summed E-state index contributed by atoms with van der Waals surface area (Å²) >= 11 is 0. The highest BCUT2D eigenvalue weighted by molar-refractivity contribution is 5.42. The molecule has 18 heavy (non-hydrogen) atoms. The van der Waals surface area contributed by atoms with Crippen molar-refractivity contribution >= 4 is 0 Å². The summed E-state index contributed by atoms with van der Waals surface area (Å²) in [6, 6.07) is 5.79. The lowest BCUT2D eigenvalue weighted by atomic mass is 9.98. The summed E-state index contributed by atoms with van der Waals surface area (Å²) < 4.78 is 10.4. The van der Waals surface area contributed by atoms with Gasteiger partial charge in [-0.05, 0) is 38.5 Å². The van der Waals surface area contributed by atoms with E-state index in [1.54, 1.807) is 21.1 Å². The summed E-state index contributed by atoms with van der Waals surface area (Å²) in [4.78, 5) is 0. The van der Waals surface area contributed by atoms with E-state index in [1.807, 2.05) is 32.0 Å². The SMILES string of the molecule is COc1ccc(CNC(C)(C)C(C)O)cc1OC. The van der Waals surface area contributed by atoms with Gasteiger partial charge in [0.2, 0.25) is 0 Å². The molecule has 4 heteroatoms. The molecular formula is C14H23NO3. The second-order valence-corrected chi connectivity index (χ2v) is 4.94. The van der Waals surface area contributed by atoms with Crippen LogP contribution in [0.15, 0.2) is 18.2 Å². The number of nitrogens with one attached hydrogen (secondary N) is 1. The first-order chi connectivity index (χ1) is 8.40. The first-order valence-electron chi connectivity index (χ1n) is 6.04. The minimum absolute atomic E-state index is 0.326. The van der Waals surface area contributed by atoms with Crippen LogP contribution in [0.2, 0.25) is 0 Å². The third-order valence-electron chi connectivity index (χ3n) is 3.24. The Bertz CT molecular complexity index is 389. The highest BCUT2D eigenvalue weighted by atomic mass is 16.5. The van der Waals surface area contributed by atoms with E-state index < -0.39 is 6.10 Å². The van der Waals surface area contributed by atoms with Crippen LogP contribution in [-0.2, 0) is 6.54 Å². The molecule has 0 saturated carbocycles. The Morgan fingerprint density at radius 2 is 1.83 bits per heavy atom. The number of hydrogen-bond acceptors (Lipinski definition) is 4. The summed E-state index contributed by atoms with van der Waals surface area (Å²) in [5.74, 6) is 1.43. The normalized spacial score (nSPS) is 13.2. The largest absolute Gasteiger partial charge is 0.493 e. The van der Waals surface area contributed by atoms with Gasteiger partial charge in [0.25, 0.3) is 0 Å². The van der Waals surface area contributed by atoms with Gasteiger partial charge >= 0.3 is 0 Å². The van der Waals surface area contributed by atoms with Gasteiger partial charge in [0.15, 0.2) is 11.5 Å². The maximum atomic E-state index is 9.63. The Morgan fingerprint density at radius 1 is 1.22 bits per heavy atom. The van der Waals surface area contributed by atoms with E-state index in [4.69, 9.17) is 9.47 Å². The lowest BCUT2D eigenvalue weighted by Crippen LogP contribution is -2.47. The van der Waals surface area contributed by atoms with Crippen LogP contribution in [0.1, 0.15) is 26.3 Å². The van der Waals surface area contributed by atoms with Gasteiger partial charge in [0, 0.05) is 12.1 Å². The van der Waals surface area contributed by atoms with Crippen molar-refractivity contribution in [3.63, 3.8) is 0 Å². The molecule has 0 fully saturated rings. The maximum Gasteiger partial charge on any atom is 0.161 e. The highest BCUT2D eigenvalue weighted by Gasteiger charge is 2.22. The van der Waals surface area contributed by atoms with Crippen molar-refractivity contribution in [1.82, 2.24) is 5.32 Å². The van der Waals surface area contributed by atoms with Crippen molar-refractivity contribution in [2.45, 2.75) is 39.0 Å². The van der Waals surface area contributed by atoms with Crippen molar-refractivity contribution in [2.24, 2.45) is 0 Å². The summed E-state index contributed by atoms with van der Waals surface area (Å²) in [5.41, 5.74) is 0.758. The molecule has 0 aliphatic rings. The zero-order valence-corrected chi connectivity index (χ0v) is 11.8. The third kappa shape index (κ3) is 3.62. The van der Waals surface area contributed by atoms with Crippen LogP contribution in [0.3, 0.4) is 0 Å². The van der Waals surface area contributed by atoms with Gasteiger partial charge < -0.3 is 19.9 Å². The second kappa shape index (κ2) is 6.07. The van der Waals surface area contributed by atoms with Gasteiger partial charge in [-0.3, -0.25) is 0 Å². The molecule has 0 spiro atoms. The standard InChI is InChI=1S/C14H23NO3/c1-10(16)14(2,3)15-9-11-6-7-12(17-4)13(8-11)18-5/h6-8,10,15-16H,9H2,1-5H3. The molecule has 1 atom stereocenters. The van der Waals surface area contributed by atoms with Gasteiger partial charge in [-0.15, -0.1) is 0 Å². The molecule has 2 N–H and O–H groups in total. The Balaban J connectivity index is 2.74. The molecule has 0 aromatic heterocycles. The van der Waals surface area contributed by atoms with Crippen molar-refractivity contribution in [1.29, 1.82) is 0 Å². The molecule has 0 amide bonds. The van der Waals surface area contributed by atoms with Gasteiger partial charge in [-0.2, -0.15) is 0 Å². The van der Waals surface area contributed by atoms with Crippen LogP contribution < -0.4 is 14.8 Å². The van der Waals surface area contributed by atoms with Gasteiger partial charge in [0.1, 0.15) is 0 Å². The molecule has 0 bridgehead atoms. The van der Waals surface area contributed by atoms with Crippen LogP contribution in [0.4, 0.5) is 0 Å². The van der Waals surface area contributed by atoms with Gasteiger partial charge in [0.05, 0.1) is 20.3 Å². The van der Waals surface area contributed by atoms with Crippen LogP contribution in [-0.4, -0.2) is 31.0 Å². The Hall–Kier alpha value is -1.26. The van der Waals surface area contributed by atoms with Crippen LogP contribution >= 0.6 is 0 Å². The summed E-state index contributed by atoms with van der Waals surface area (Å²) in [7, 11) is 3.24. The Morgan fingerprint density at radius 3 is 2.33 bits per heavy atom. The molecule has 0 heterocycles. The molecule has 4 nitrogen and oxygen atoms in total. The van der Waals surface area contributed by atoms with E-state index in [9.17, 15) is 5.11 Å². The fourth-order valence-corrected chi connectivity index (χ4v) is 1.47. The van der Waals surface area contributed by atoms with E-state index in [-0.39, 0.29) is 5.54 Å². The molecule has 1 rings (SSSR count). The lowest BCUT2D eigenvalue weighted by molar-refractivity contribution is 0.0956. The fourth-order valence-electron chi connectivity index (χ4n) is 1.47. The van der Waals surface area contributed by atoms with E-state index in [0.29, 0.717) is 12.3 Å². The molecule has 0 saturated heterocycles. The predicted octanol–water partition coefficient (Wildman–Crippen LogP) is 1.95. The van der Waals surface area contributed by atoms with Crippen molar-refractivity contribution < 1.29 is 14.6 Å². The van der Waals surface area contributed by atoms with Crippen LogP contribution in [0, 0.1) is 0 Å². The third-order valence-corrected chi connectivity index (χ3v) is 3.24.